The van der Waals surface area contributed by atoms with Crippen LogP contribution in [0.1, 0.15) is 31.7 Å². The predicted molar refractivity (Wildman–Crippen MR) is 74.8 cm³/mol. The summed E-state index contributed by atoms with van der Waals surface area (Å²) in [5, 5.41) is 3.33. The Morgan fingerprint density at radius 1 is 1.39 bits per heavy atom. The van der Waals surface area contributed by atoms with Crippen LogP contribution in [0.4, 0.5) is 5.69 Å². The van der Waals surface area contributed by atoms with Crippen molar-refractivity contribution in [2.24, 2.45) is 0 Å². The first-order valence-corrected chi connectivity index (χ1v) is 6.84. The standard InChI is InChI=1S/C15H22N2O/c1-3-17(14-10-5-4-8-12(14)2)15(18)13-9-6-7-11-16-13/h4-5,8,10,13,16H,3,6-7,9,11H2,1-2H3. The lowest BCUT2D eigenvalue weighted by molar-refractivity contribution is -0.121. The summed E-state index contributed by atoms with van der Waals surface area (Å²) in [7, 11) is 0. The Hall–Kier alpha value is -1.35. The highest BCUT2D eigenvalue weighted by atomic mass is 16.2. The number of amides is 1. The molecule has 1 aliphatic heterocycles. The number of carbonyl (C=O) groups is 1. The summed E-state index contributed by atoms with van der Waals surface area (Å²) in [6.07, 6.45) is 3.29. The summed E-state index contributed by atoms with van der Waals surface area (Å²) >= 11 is 0. The third kappa shape index (κ3) is 2.72. The van der Waals surface area contributed by atoms with E-state index in [0.717, 1.165) is 37.2 Å². The first-order valence-electron chi connectivity index (χ1n) is 6.84. The van der Waals surface area contributed by atoms with Gasteiger partial charge < -0.3 is 10.2 Å². The van der Waals surface area contributed by atoms with Crippen LogP contribution in [0.25, 0.3) is 0 Å². The lowest BCUT2D eigenvalue weighted by atomic mass is 10.0. The molecule has 1 aromatic carbocycles. The molecule has 18 heavy (non-hydrogen) atoms. The molecule has 0 aromatic heterocycles. The molecule has 3 heteroatoms. The van der Waals surface area contributed by atoms with Gasteiger partial charge in [-0.2, -0.15) is 0 Å². The number of likely N-dealkylation sites (N-methyl/N-ethyl adjacent to an activating group) is 1. The zero-order valence-corrected chi connectivity index (χ0v) is 11.3. The molecule has 1 saturated heterocycles. The van der Waals surface area contributed by atoms with Gasteiger partial charge in [0.05, 0.1) is 6.04 Å². The lowest BCUT2D eigenvalue weighted by Crippen LogP contribution is -2.48. The fourth-order valence-corrected chi connectivity index (χ4v) is 2.56. The molecule has 1 aromatic rings. The van der Waals surface area contributed by atoms with Crippen molar-refractivity contribution in [3.05, 3.63) is 29.8 Å². The fraction of sp³-hybridized carbons (Fsp3) is 0.533. The monoisotopic (exact) mass is 246 g/mol. The summed E-state index contributed by atoms with van der Waals surface area (Å²) < 4.78 is 0. The van der Waals surface area contributed by atoms with Crippen LogP contribution in [0, 0.1) is 6.92 Å². The van der Waals surface area contributed by atoms with Crippen molar-refractivity contribution in [3.8, 4) is 0 Å². The average molecular weight is 246 g/mol. The Balaban J connectivity index is 2.17. The van der Waals surface area contributed by atoms with E-state index in [1.54, 1.807) is 0 Å². The number of hydrogen-bond acceptors (Lipinski definition) is 2. The van der Waals surface area contributed by atoms with Gasteiger partial charge in [0.1, 0.15) is 0 Å². The Bertz CT molecular complexity index is 411. The highest BCUT2D eigenvalue weighted by Gasteiger charge is 2.26. The Morgan fingerprint density at radius 3 is 2.78 bits per heavy atom. The summed E-state index contributed by atoms with van der Waals surface area (Å²) in [5.74, 6) is 0.214. The summed E-state index contributed by atoms with van der Waals surface area (Å²) in [4.78, 5) is 14.4. The number of carbonyl (C=O) groups excluding carboxylic acids is 1. The van der Waals surface area contributed by atoms with Gasteiger partial charge in [0, 0.05) is 12.2 Å². The van der Waals surface area contributed by atoms with Crippen molar-refractivity contribution in [2.75, 3.05) is 18.0 Å². The SMILES string of the molecule is CCN(C(=O)C1CCCCN1)c1ccccc1C. The number of benzene rings is 1. The molecule has 0 bridgehead atoms. The molecule has 1 fully saturated rings. The van der Waals surface area contributed by atoms with Gasteiger partial charge in [-0.15, -0.1) is 0 Å². The topological polar surface area (TPSA) is 32.3 Å². The molecule has 2 rings (SSSR count). The van der Waals surface area contributed by atoms with E-state index in [1.165, 1.54) is 6.42 Å². The van der Waals surface area contributed by atoms with Gasteiger partial charge in [-0.05, 0) is 44.9 Å². The first-order chi connectivity index (χ1) is 8.74. The minimum absolute atomic E-state index is 0.00157. The molecule has 0 aliphatic carbocycles. The Morgan fingerprint density at radius 2 is 2.17 bits per heavy atom. The maximum Gasteiger partial charge on any atom is 0.244 e. The highest BCUT2D eigenvalue weighted by Crippen LogP contribution is 2.21. The van der Waals surface area contributed by atoms with Crippen LogP contribution in [-0.4, -0.2) is 25.0 Å². The van der Waals surface area contributed by atoms with E-state index in [-0.39, 0.29) is 11.9 Å². The molecular formula is C15H22N2O. The van der Waals surface area contributed by atoms with E-state index in [9.17, 15) is 4.79 Å². The summed E-state index contributed by atoms with van der Waals surface area (Å²) in [5.41, 5.74) is 2.20. The number of rotatable bonds is 3. The number of piperidine rings is 1. The lowest BCUT2D eigenvalue weighted by Gasteiger charge is -2.30. The van der Waals surface area contributed by atoms with E-state index in [1.807, 2.05) is 30.0 Å². The normalized spacial score (nSPS) is 19.6. The van der Waals surface area contributed by atoms with Crippen molar-refractivity contribution in [3.63, 3.8) is 0 Å². The molecule has 1 N–H and O–H groups in total. The van der Waals surface area contributed by atoms with Gasteiger partial charge in [0.2, 0.25) is 5.91 Å². The maximum absolute atomic E-state index is 12.5. The van der Waals surface area contributed by atoms with Crippen LogP contribution in [0.2, 0.25) is 0 Å². The van der Waals surface area contributed by atoms with Gasteiger partial charge in [-0.3, -0.25) is 4.79 Å². The van der Waals surface area contributed by atoms with Gasteiger partial charge in [0.15, 0.2) is 0 Å². The van der Waals surface area contributed by atoms with Gasteiger partial charge in [-0.25, -0.2) is 0 Å². The Kier molecular flexibility index (Phi) is 4.37. The molecule has 1 atom stereocenters. The highest BCUT2D eigenvalue weighted by molar-refractivity contribution is 5.97. The smallest absolute Gasteiger partial charge is 0.244 e. The molecule has 1 heterocycles. The second-order valence-corrected chi connectivity index (χ2v) is 4.87. The van der Waals surface area contributed by atoms with E-state index < -0.39 is 0 Å². The second kappa shape index (κ2) is 6.01. The third-order valence-electron chi connectivity index (χ3n) is 3.60. The van der Waals surface area contributed by atoms with Crippen LogP contribution in [-0.2, 0) is 4.79 Å². The van der Waals surface area contributed by atoms with Gasteiger partial charge >= 0.3 is 0 Å². The van der Waals surface area contributed by atoms with Crippen molar-refractivity contribution >= 4 is 11.6 Å². The van der Waals surface area contributed by atoms with E-state index in [0.29, 0.717) is 0 Å². The van der Waals surface area contributed by atoms with Crippen LogP contribution in [0.3, 0.4) is 0 Å². The van der Waals surface area contributed by atoms with Crippen molar-refractivity contribution in [2.45, 2.75) is 39.2 Å². The second-order valence-electron chi connectivity index (χ2n) is 4.87. The number of anilines is 1. The first kappa shape index (κ1) is 13.1. The molecular weight excluding hydrogens is 224 g/mol. The molecule has 0 saturated carbocycles. The third-order valence-corrected chi connectivity index (χ3v) is 3.60. The molecule has 0 radical (unpaired) electrons. The van der Waals surface area contributed by atoms with E-state index in [4.69, 9.17) is 0 Å². The minimum atomic E-state index is -0.00157. The van der Waals surface area contributed by atoms with E-state index in [2.05, 4.69) is 18.3 Å². The number of aryl methyl sites for hydroxylation is 1. The number of nitrogens with one attached hydrogen (secondary N) is 1. The van der Waals surface area contributed by atoms with Crippen LogP contribution < -0.4 is 10.2 Å². The molecule has 1 aliphatic rings. The van der Waals surface area contributed by atoms with Crippen LogP contribution in [0.5, 0.6) is 0 Å². The zero-order valence-electron chi connectivity index (χ0n) is 11.3. The fourth-order valence-electron chi connectivity index (χ4n) is 2.56. The quantitative estimate of drug-likeness (QED) is 0.888. The van der Waals surface area contributed by atoms with Crippen molar-refractivity contribution < 1.29 is 4.79 Å². The molecule has 3 nitrogen and oxygen atoms in total. The minimum Gasteiger partial charge on any atom is -0.311 e. The molecule has 1 amide bonds. The van der Waals surface area contributed by atoms with E-state index >= 15 is 0 Å². The van der Waals surface area contributed by atoms with Crippen LogP contribution >= 0.6 is 0 Å². The molecule has 98 valence electrons. The van der Waals surface area contributed by atoms with Gasteiger partial charge in [0.25, 0.3) is 0 Å². The Labute approximate surface area is 109 Å². The summed E-state index contributed by atoms with van der Waals surface area (Å²) in [6, 6.07) is 8.08. The zero-order chi connectivity index (χ0) is 13.0. The molecule has 1 unspecified atom stereocenters. The maximum atomic E-state index is 12.5. The van der Waals surface area contributed by atoms with Crippen molar-refractivity contribution in [1.29, 1.82) is 0 Å². The van der Waals surface area contributed by atoms with Crippen LogP contribution in [0.15, 0.2) is 24.3 Å². The number of hydrogen-bond donors (Lipinski definition) is 1. The average Bonchev–Trinajstić information content (AvgIpc) is 2.42. The number of para-hydroxylation sites is 1. The molecule has 0 spiro atoms. The summed E-state index contributed by atoms with van der Waals surface area (Å²) in [6.45, 7) is 5.77. The van der Waals surface area contributed by atoms with Gasteiger partial charge in [-0.1, -0.05) is 24.6 Å². The predicted octanol–water partition coefficient (Wildman–Crippen LogP) is 2.49. The largest absolute Gasteiger partial charge is 0.311 e. The van der Waals surface area contributed by atoms with Crippen molar-refractivity contribution in [1.82, 2.24) is 5.32 Å². The number of nitrogens with zero attached hydrogens (tertiary/aromatic N) is 1.